The number of nitrogens with two attached hydrogens (primary N) is 1. The predicted octanol–water partition coefficient (Wildman–Crippen LogP) is 1.27. The van der Waals surface area contributed by atoms with Gasteiger partial charge in [0.25, 0.3) is 11.8 Å². The van der Waals surface area contributed by atoms with Crippen molar-refractivity contribution in [3.05, 3.63) is 84.4 Å². The third-order valence-corrected chi connectivity index (χ3v) is 4.05. The highest BCUT2D eigenvalue weighted by Crippen LogP contribution is 2.12. The van der Waals surface area contributed by atoms with Crippen molar-refractivity contribution in [2.75, 3.05) is 0 Å². The molecule has 0 saturated heterocycles. The van der Waals surface area contributed by atoms with Gasteiger partial charge in [0.2, 0.25) is 5.78 Å². The Morgan fingerprint density at radius 1 is 1.00 bits per heavy atom. The van der Waals surface area contributed by atoms with Crippen LogP contribution in [0.1, 0.15) is 16.1 Å². The monoisotopic (exact) mass is 362 g/mol. The third kappa shape index (κ3) is 4.27. The summed E-state index contributed by atoms with van der Waals surface area (Å²) in [7, 11) is 0. The summed E-state index contributed by atoms with van der Waals surface area (Å²) in [6, 6.07) is 17.2. The fourth-order valence-electron chi connectivity index (χ4n) is 2.72. The van der Waals surface area contributed by atoms with E-state index in [0.717, 1.165) is 11.3 Å². The van der Waals surface area contributed by atoms with Gasteiger partial charge in [0.15, 0.2) is 0 Å². The van der Waals surface area contributed by atoms with E-state index in [1.54, 1.807) is 4.57 Å². The quantitative estimate of drug-likeness (QED) is 0.617. The van der Waals surface area contributed by atoms with Gasteiger partial charge in [0.1, 0.15) is 11.7 Å². The van der Waals surface area contributed by atoms with Crippen LogP contribution in [0, 0.1) is 0 Å². The summed E-state index contributed by atoms with van der Waals surface area (Å²) >= 11 is 0. The van der Waals surface area contributed by atoms with Gasteiger partial charge in [-0.1, -0.05) is 48.5 Å². The molecule has 3 rings (SSSR count). The molecular weight excluding hydrogens is 344 g/mol. The van der Waals surface area contributed by atoms with Crippen molar-refractivity contribution in [2.24, 2.45) is 5.73 Å². The molecule has 0 radical (unpaired) electrons. The molecule has 27 heavy (non-hydrogen) atoms. The van der Waals surface area contributed by atoms with Crippen LogP contribution >= 0.6 is 0 Å². The van der Waals surface area contributed by atoms with Gasteiger partial charge < -0.3 is 11.1 Å². The topological polar surface area (TPSA) is 107 Å². The Labute approximate surface area is 155 Å². The highest BCUT2D eigenvalue weighted by atomic mass is 16.2. The number of aromatic nitrogens is 2. The number of carbonyl (C=O) groups is 3. The van der Waals surface area contributed by atoms with Crippen molar-refractivity contribution in [1.29, 1.82) is 0 Å². The normalized spacial score (nSPS) is 11.6. The van der Waals surface area contributed by atoms with Crippen LogP contribution in [-0.2, 0) is 16.0 Å². The van der Waals surface area contributed by atoms with Gasteiger partial charge in [-0.3, -0.25) is 19.0 Å². The van der Waals surface area contributed by atoms with E-state index in [0.29, 0.717) is 0 Å². The van der Waals surface area contributed by atoms with Gasteiger partial charge in [-0.05, 0) is 17.7 Å². The first kappa shape index (κ1) is 18.1. The summed E-state index contributed by atoms with van der Waals surface area (Å²) < 4.78 is 1.60. The summed E-state index contributed by atoms with van der Waals surface area (Å²) in [5.74, 6) is -2.46. The summed E-state index contributed by atoms with van der Waals surface area (Å²) in [6.45, 7) is 0. The summed E-state index contributed by atoms with van der Waals surface area (Å²) in [6.07, 6.45) is 3.07. The second kappa shape index (κ2) is 8.09. The first-order valence-electron chi connectivity index (χ1n) is 8.32. The first-order valence-corrected chi connectivity index (χ1v) is 8.32. The Morgan fingerprint density at radius 2 is 1.63 bits per heavy atom. The second-order valence-corrected chi connectivity index (χ2v) is 5.93. The predicted molar refractivity (Wildman–Crippen MR) is 99.2 cm³/mol. The van der Waals surface area contributed by atoms with E-state index in [-0.39, 0.29) is 12.1 Å². The number of hydrogen-bond donors (Lipinski definition) is 2. The van der Waals surface area contributed by atoms with E-state index in [4.69, 9.17) is 5.73 Å². The number of nitrogens with zero attached hydrogens (tertiary/aromatic N) is 2. The average Bonchev–Trinajstić information content (AvgIpc) is 3.18. The number of primary amides is 1. The fraction of sp³-hybridized carbons (Fsp3) is 0.100. The van der Waals surface area contributed by atoms with Crippen molar-refractivity contribution in [3.63, 3.8) is 0 Å². The standard InChI is InChI=1S/C20H18N4O3/c21-19(26)18(25)16(11-14-7-3-1-4-8-14)23-20(27)17-12-22-13-24(17)15-9-5-2-6-10-15/h1-10,12-13,16H,11H2,(H2,21,26)(H,23,27). The molecular formula is C20H18N4O3. The Morgan fingerprint density at radius 3 is 2.26 bits per heavy atom. The molecule has 0 aliphatic heterocycles. The zero-order chi connectivity index (χ0) is 19.2. The lowest BCUT2D eigenvalue weighted by Crippen LogP contribution is -2.47. The fourth-order valence-corrected chi connectivity index (χ4v) is 2.72. The highest BCUT2D eigenvalue weighted by molar-refractivity contribution is 6.38. The van der Waals surface area contributed by atoms with Crippen LogP contribution in [0.4, 0.5) is 0 Å². The Kier molecular flexibility index (Phi) is 5.41. The number of nitrogens with one attached hydrogen (secondary N) is 1. The molecule has 1 atom stereocenters. The van der Waals surface area contributed by atoms with Crippen molar-refractivity contribution in [3.8, 4) is 5.69 Å². The van der Waals surface area contributed by atoms with E-state index in [2.05, 4.69) is 10.3 Å². The van der Waals surface area contributed by atoms with Crippen molar-refractivity contribution < 1.29 is 14.4 Å². The van der Waals surface area contributed by atoms with E-state index in [1.165, 1.54) is 12.5 Å². The summed E-state index contributed by atoms with van der Waals surface area (Å²) in [4.78, 5) is 40.4. The van der Waals surface area contributed by atoms with Crippen LogP contribution in [0.2, 0.25) is 0 Å². The Balaban J connectivity index is 1.84. The van der Waals surface area contributed by atoms with E-state index >= 15 is 0 Å². The molecule has 136 valence electrons. The molecule has 1 unspecified atom stereocenters. The third-order valence-electron chi connectivity index (χ3n) is 4.05. The van der Waals surface area contributed by atoms with Gasteiger partial charge in [-0.2, -0.15) is 0 Å². The lowest BCUT2D eigenvalue weighted by Gasteiger charge is -2.17. The zero-order valence-electron chi connectivity index (χ0n) is 14.4. The van der Waals surface area contributed by atoms with Crippen molar-refractivity contribution >= 4 is 17.6 Å². The highest BCUT2D eigenvalue weighted by Gasteiger charge is 2.27. The minimum Gasteiger partial charge on any atom is -0.363 e. The van der Waals surface area contributed by atoms with Gasteiger partial charge in [0, 0.05) is 12.1 Å². The first-order chi connectivity index (χ1) is 13.1. The van der Waals surface area contributed by atoms with E-state index in [9.17, 15) is 14.4 Å². The molecule has 0 spiro atoms. The maximum Gasteiger partial charge on any atom is 0.287 e. The maximum atomic E-state index is 12.8. The Bertz CT molecular complexity index is 952. The van der Waals surface area contributed by atoms with Crippen LogP contribution < -0.4 is 11.1 Å². The largest absolute Gasteiger partial charge is 0.363 e. The van der Waals surface area contributed by atoms with Crippen LogP contribution in [0.5, 0.6) is 0 Å². The molecule has 0 saturated carbocycles. The van der Waals surface area contributed by atoms with Crippen molar-refractivity contribution in [1.82, 2.24) is 14.9 Å². The number of benzene rings is 2. The van der Waals surface area contributed by atoms with Crippen LogP contribution in [0.25, 0.3) is 5.69 Å². The lowest BCUT2D eigenvalue weighted by molar-refractivity contribution is -0.137. The lowest BCUT2D eigenvalue weighted by atomic mass is 10.0. The number of amides is 2. The second-order valence-electron chi connectivity index (χ2n) is 5.93. The molecule has 3 aromatic rings. The minimum atomic E-state index is -1.09. The number of carbonyl (C=O) groups excluding carboxylic acids is 3. The maximum absolute atomic E-state index is 12.8. The SMILES string of the molecule is NC(=O)C(=O)C(Cc1ccccc1)NC(=O)c1cncn1-c1ccccc1. The minimum absolute atomic E-state index is 0.161. The molecule has 1 heterocycles. The molecule has 0 fully saturated rings. The average molecular weight is 362 g/mol. The molecule has 0 bridgehead atoms. The van der Waals surface area contributed by atoms with E-state index < -0.39 is 23.6 Å². The molecule has 0 aliphatic rings. The van der Waals surface area contributed by atoms with Gasteiger partial charge in [-0.15, -0.1) is 0 Å². The van der Waals surface area contributed by atoms with Crippen molar-refractivity contribution in [2.45, 2.75) is 12.5 Å². The number of Topliss-reactive ketones (excluding diaryl/α,β-unsaturated/α-hetero) is 1. The number of ketones is 1. The summed E-state index contributed by atoms with van der Waals surface area (Å²) in [5, 5.41) is 2.61. The molecule has 2 amide bonds. The number of para-hydroxylation sites is 1. The molecule has 1 aromatic heterocycles. The molecule has 7 heteroatoms. The van der Waals surface area contributed by atoms with E-state index in [1.807, 2.05) is 60.7 Å². The smallest absolute Gasteiger partial charge is 0.287 e. The molecule has 0 aliphatic carbocycles. The molecule has 3 N–H and O–H groups in total. The summed E-state index contributed by atoms with van der Waals surface area (Å²) in [5.41, 5.74) is 6.95. The van der Waals surface area contributed by atoms with Gasteiger partial charge >= 0.3 is 0 Å². The Hall–Kier alpha value is -3.74. The van der Waals surface area contributed by atoms with Crippen LogP contribution in [-0.4, -0.2) is 33.2 Å². The van der Waals surface area contributed by atoms with Gasteiger partial charge in [0.05, 0.1) is 12.5 Å². The van der Waals surface area contributed by atoms with Gasteiger partial charge in [-0.25, -0.2) is 4.98 Å². The molecule has 7 nitrogen and oxygen atoms in total. The van der Waals surface area contributed by atoms with Crippen LogP contribution in [0.3, 0.4) is 0 Å². The number of hydrogen-bond acceptors (Lipinski definition) is 4. The molecule has 2 aromatic carbocycles. The number of imidazole rings is 1. The number of rotatable bonds is 7. The zero-order valence-corrected chi connectivity index (χ0v) is 14.4. The van der Waals surface area contributed by atoms with Crippen LogP contribution in [0.15, 0.2) is 73.2 Å².